The van der Waals surface area contributed by atoms with Gasteiger partial charge in [-0.3, -0.25) is 15.0 Å². The molecule has 2 aromatic rings. The molecule has 31 heavy (non-hydrogen) atoms. The fourth-order valence-electron chi connectivity index (χ4n) is 3.52. The Kier molecular flexibility index (Phi) is 6.28. The lowest BCUT2D eigenvalue weighted by Crippen LogP contribution is -2.36. The Morgan fingerprint density at radius 2 is 1.94 bits per heavy atom. The van der Waals surface area contributed by atoms with Crippen molar-refractivity contribution in [3.05, 3.63) is 70.5 Å². The molecule has 164 valence electrons. The smallest absolute Gasteiger partial charge is 0.384 e. The highest BCUT2D eigenvalue weighted by molar-refractivity contribution is 5.95. The number of halogens is 4. The van der Waals surface area contributed by atoms with Crippen molar-refractivity contribution in [2.45, 2.75) is 31.6 Å². The number of carbonyl (C=O) groups is 2. The van der Waals surface area contributed by atoms with E-state index in [1.54, 1.807) is 34.5 Å². The van der Waals surface area contributed by atoms with Crippen molar-refractivity contribution < 1.29 is 27.2 Å². The summed E-state index contributed by atoms with van der Waals surface area (Å²) in [6, 6.07) is 11.0. The lowest BCUT2D eigenvalue weighted by molar-refractivity contribution is -0.173. The van der Waals surface area contributed by atoms with Crippen LogP contribution < -0.4 is 11.1 Å². The SMILES string of the molecule is N=C(N)c1cccc(CN2CC[C@@H](c3cccc(CNC(=O)C(F)(F)F)c3F)C2=O)c1. The Bertz CT molecular complexity index is 1020. The predicted octanol–water partition coefficient (Wildman–Crippen LogP) is 2.80. The first kappa shape index (κ1) is 22.3. The lowest BCUT2D eigenvalue weighted by atomic mass is 9.95. The zero-order valence-corrected chi connectivity index (χ0v) is 16.3. The van der Waals surface area contributed by atoms with Gasteiger partial charge in [0.1, 0.15) is 11.7 Å². The first-order valence-electron chi connectivity index (χ1n) is 9.42. The summed E-state index contributed by atoms with van der Waals surface area (Å²) in [7, 11) is 0. The summed E-state index contributed by atoms with van der Waals surface area (Å²) in [4.78, 5) is 25.4. The van der Waals surface area contributed by atoms with Crippen molar-refractivity contribution in [3.63, 3.8) is 0 Å². The molecule has 1 saturated heterocycles. The van der Waals surface area contributed by atoms with Gasteiger partial charge < -0.3 is 16.0 Å². The molecule has 1 aliphatic heterocycles. The van der Waals surface area contributed by atoms with Crippen molar-refractivity contribution in [3.8, 4) is 0 Å². The van der Waals surface area contributed by atoms with Crippen LogP contribution in [0, 0.1) is 11.2 Å². The maximum Gasteiger partial charge on any atom is 0.471 e. The van der Waals surface area contributed by atoms with Crippen LogP contribution in [0.5, 0.6) is 0 Å². The highest BCUT2D eigenvalue weighted by atomic mass is 19.4. The van der Waals surface area contributed by atoms with E-state index in [4.69, 9.17) is 11.1 Å². The Labute approximate surface area is 175 Å². The summed E-state index contributed by atoms with van der Waals surface area (Å²) < 4.78 is 51.9. The number of rotatable bonds is 6. The molecule has 2 amide bonds. The fraction of sp³-hybridized carbons (Fsp3) is 0.286. The highest BCUT2D eigenvalue weighted by Gasteiger charge is 2.39. The zero-order valence-electron chi connectivity index (χ0n) is 16.3. The summed E-state index contributed by atoms with van der Waals surface area (Å²) >= 11 is 0. The van der Waals surface area contributed by atoms with Crippen LogP contribution in [-0.4, -0.2) is 35.3 Å². The van der Waals surface area contributed by atoms with E-state index in [2.05, 4.69) is 0 Å². The minimum Gasteiger partial charge on any atom is -0.384 e. The third-order valence-corrected chi connectivity index (χ3v) is 5.09. The van der Waals surface area contributed by atoms with E-state index >= 15 is 0 Å². The van der Waals surface area contributed by atoms with Crippen LogP contribution in [0.3, 0.4) is 0 Å². The molecular weight excluding hydrogens is 416 g/mol. The van der Waals surface area contributed by atoms with Gasteiger partial charge in [-0.05, 0) is 18.1 Å². The van der Waals surface area contributed by atoms with E-state index in [1.807, 2.05) is 0 Å². The Morgan fingerprint density at radius 3 is 2.61 bits per heavy atom. The monoisotopic (exact) mass is 436 g/mol. The molecule has 1 fully saturated rings. The summed E-state index contributed by atoms with van der Waals surface area (Å²) in [6.45, 7) is 0.00214. The van der Waals surface area contributed by atoms with Crippen molar-refractivity contribution in [2.24, 2.45) is 5.73 Å². The van der Waals surface area contributed by atoms with Gasteiger partial charge in [-0.15, -0.1) is 0 Å². The Hall–Kier alpha value is -3.43. The molecule has 0 radical (unpaired) electrons. The van der Waals surface area contributed by atoms with E-state index in [1.165, 1.54) is 18.2 Å². The maximum absolute atomic E-state index is 14.9. The van der Waals surface area contributed by atoms with Gasteiger partial charge in [0, 0.05) is 36.3 Å². The molecule has 0 aromatic heterocycles. The van der Waals surface area contributed by atoms with Gasteiger partial charge in [0.05, 0.1) is 5.92 Å². The van der Waals surface area contributed by atoms with E-state index in [0.29, 0.717) is 18.5 Å². The third-order valence-electron chi connectivity index (χ3n) is 5.09. The normalized spacial score (nSPS) is 16.5. The number of amides is 2. The number of likely N-dealkylation sites (tertiary alicyclic amines) is 1. The molecule has 4 N–H and O–H groups in total. The van der Waals surface area contributed by atoms with Crippen molar-refractivity contribution in [1.82, 2.24) is 10.2 Å². The number of nitrogen functional groups attached to an aromatic ring is 1. The molecule has 10 heteroatoms. The average Bonchev–Trinajstić information content (AvgIpc) is 3.06. The van der Waals surface area contributed by atoms with Crippen LogP contribution in [0.2, 0.25) is 0 Å². The molecule has 0 aliphatic carbocycles. The summed E-state index contributed by atoms with van der Waals surface area (Å²) in [6.07, 6.45) is -4.71. The van der Waals surface area contributed by atoms with Gasteiger partial charge in [0.25, 0.3) is 0 Å². The summed E-state index contributed by atoms with van der Waals surface area (Å²) in [5.74, 6) is -4.13. The second-order valence-corrected chi connectivity index (χ2v) is 7.22. The van der Waals surface area contributed by atoms with E-state index < -0.39 is 30.4 Å². The molecule has 0 spiro atoms. The molecule has 1 aliphatic rings. The number of amidine groups is 1. The fourth-order valence-corrected chi connectivity index (χ4v) is 3.52. The average molecular weight is 436 g/mol. The second-order valence-electron chi connectivity index (χ2n) is 7.22. The van der Waals surface area contributed by atoms with Crippen LogP contribution >= 0.6 is 0 Å². The van der Waals surface area contributed by atoms with Crippen LogP contribution in [0.1, 0.15) is 34.6 Å². The van der Waals surface area contributed by atoms with Gasteiger partial charge in [-0.25, -0.2) is 4.39 Å². The Morgan fingerprint density at radius 1 is 1.23 bits per heavy atom. The maximum atomic E-state index is 14.9. The van der Waals surface area contributed by atoms with E-state index in [9.17, 15) is 27.2 Å². The molecule has 1 heterocycles. The van der Waals surface area contributed by atoms with Gasteiger partial charge in [-0.2, -0.15) is 13.2 Å². The Balaban J connectivity index is 1.72. The first-order valence-corrected chi connectivity index (χ1v) is 9.42. The topological polar surface area (TPSA) is 99.3 Å². The van der Waals surface area contributed by atoms with Gasteiger partial charge >= 0.3 is 12.1 Å². The van der Waals surface area contributed by atoms with Crippen LogP contribution in [-0.2, 0) is 22.7 Å². The number of nitrogens with zero attached hydrogens (tertiary/aromatic N) is 1. The minimum atomic E-state index is -5.06. The number of alkyl halides is 3. The van der Waals surface area contributed by atoms with Gasteiger partial charge in [0.2, 0.25) is 5.91 Å². The van der Waals surface area contributed by atoms with Crippen molar-refractivity contribution in [1.29, 1.82) is 5.41 Å². The molecule has 0 unspecified atom stereocenters. The van der Waals surface area contributed by atoms with Crippen LogP contribution in [0.15, 0.2) is 42.5 Å². The molecule has 1 atom stereocenters. The third kappa shape index (κ3) is 5.01. The van der Waals surface area contributed by atoms with Crippen molar-refractivity contribution >= 4 is 17.6 Å². The zero-order chi connectivity index (χ0) is 22.8. The molecule has 3 rings (SSSR count). The number of hydrogen-bond donors (Lipinski definition) is 3. The molecule has 2 aromatic carbocycles. The summed E-state index contributed by atoms with van der Waals surface area (Å²) in [5, 5.41) is 9.14. The van der Waals surface area contributed by atoms with Gasteiger partial charge in [-0.1, -0.05) is 36.4 Å². The van der Waals surface area contributed by atoms with Crippen molar-refractivity contribution in [2.75, 3.05) is 6.54 Å². The largest absolute Gasteiger partial charge is 0.471 e. The molecule has 0 saturated carbocycles. The number of benzene rings is 2. The number of hydrogen-bond acceptors (Lipinski definition) is 3. The minimum absolute atomic E-state index is 0.0868. The summed E-state index contributed by atoms with van der Waals surface area (Å²) in [5.41, 5.74) is 6.74. The number of nitrogens with one attached hydrogen (secondary N) is 2. The standard InChI is InChI=1S/C21H20F4N4O2/c22-17-14(10-28-20(31)21(23,24)25)5-2-6-15(17)16-7-8-29(19(16)30)11-12-3-1-4-13(9-12)18(26)27/h1-6,9,16H,7-8,10-11H2,(H3,26,27)(H,28,31)/t16-/m0/s1. The lowest BCUT2D eigenvalue weighted by Gasteiger charge is -2.18. The van der Waals surface area contributed by atoms with Crippen LogP contribution in [0.4, 0.5) is 17.6 Å². The van der Waals surface area contributed by atoms with Gasteiger partial charge in [0.15, 0.2) is 0 Å². The predicted molar refractivity (Wildman–Crippen MR) is 105 cm³/mol. The first-order chi connectivity index (χ1) is 14.6. The quantitative estimate of drug-likeness (QED) is 0.369. The number of nitrogens with two attached hydrogens (primary N) is 1. The van der Waals surface area contributed by atoms with E-state index in [0.717, 1.165) is 5.56 Å². The molecule has 6 nitrogen and oxygen atoms in total. The van der Waals surface area contributed by atoms with E-state index in [-0.39, 0.29) is 29.4 Å². The second kappa shape index (κ2) is 8.75. The number of carbonyl (C=O) groups excluding carboxylic acids is 2. The molecular formula is C21H20F4N4O2. The highest BCUT2D eigenvalue weighted by Crippen LogP contribution is 2.32. The molecule has 0 bridgehead atoms. The van der Waals surface area contributed by atoms with Crippen LogP contribution in [0.25, 0.3) is 0 Å².